The van der Waals surface area contributed by atoms with E-state index in [1.807, 2.05) is 30.0 Å². The molecule has 26 heavy (non-hydrogen) atoms. The molecular formula is C21H23FN2O2. The summed E-state index contributed by atoms with van der Waals surface area (Å²) in [5.74, 6) is 0.0860. The van der Waals surface area contributed by atoms with Crippen molar-refractivity contribution in [2.45, 2.75) is 37.9 Å². The summed E-state index contributed by atoms with van der Waals surface area (Å²) in [6, 6.07) is 14.7. The van der Waals surface area contributed by atoms with Crippen LogP contribution in [0.5, 0.6) is 0 Å². The van der Waals surface area contributed by atoms with Crippen LogP contribution in [0.15, 0.2) is 48.5 Å². The minimum atomic E-state index is -0.250. The molecule has 0 aromatic heterocycles. The Morgan fingerprint density at radius 3 is 2.62 bits per heavy atom. The van der Waals surface area contributed by atoms with Gasteiger partial charge in [-0.25, -0.2) is 4.39 Å². The van der Waals surface area contributed by atoms with E-state index in [9.17, 15) is 14.3 Å². The molecule has 136 valence electrons. The predicted molar refractivity (Wildman–Crippen MR) is 98.4 cm³/mol. The molecule has 4 rings (SSSR count). The van der Waals surface area contributed by atoms with Crippen molar-refractivity contribution in [3.63, 3.8) is 0 Å². The van der Waals surface area contributed by atoms with Crippen molar-refractivity contribution >= 4 is 11.6 Å². The van der Waals surface area contributed by atoms with Crippen LogP contribution in [0.2, 0.25) is 0 Å². The molecule has 1 saturated heterocycles. The first-order valence-electron chi connectivity index (χ1n) is 9.14. The molecule has 1 N–H and O–H groups in total. The summed E-state index contributed by atoms with van der Waals surface area (Å²) in [5, 5.41) is 9.98. The Hall–Kier alpha value is -2.24. The largest absolute Gasteiger partial charge is 0.395 e. The van der Waals surface area contributed by atoms with Gasteiger partial charge in [-0.15, -0.1) is 0 Å². The van der Waals surface area contributed by atoms with E-state index in [2.05, 4.69) is 11.0 Å². The zero-order valence-electron chi connectivity index (χ0n) is 14.8. The van der Waals surface area contributed by atoms with E-state index in [0.717, 1.165) is 16.8 Å². The average Bonchev–Trinajstić information content (AvgIpc) is 2.67. The highest BCUT2D eigenvalue weighted by Gasteiger charge is 2.52. The second-order valence-electron chi connectivity index (χ2n) is 7.06. The number of nitrogens with zero attached hydrogens (tertiary/aromatic N) is 2. The van der Waals surface area contributed by atoms with Crippen LogP contribution in [0, 0.1) is 5.82 Å². The van der Waals surface area contributed by atoms with Gasteiger partial charge in [0.2, 0.25) is 5.91 Å². The van der Waals surface area contributed by atoms with Gasteiger partial charge >= 0.3 is 0 Å². The molecule has 0 bridgehead atoms. The van der Waals surface area contributed by atoms with Crippen LogP contribution in [-0.2, 0) is 11.3 Å². The molecule has 0 spiro atoms. The Morgan fingerprint density at radius 2 is 1.92 bits per heavy atom. The zero-order valence-corrected chi connectivity index (χ0v) is 14.8. The van der Waals surface area contributed by atoms with Crippen molar-refractivity contribution in [2.75, 3.05) is 18.1 Å². The quantitative estimate of drug-likeness (QED) is 0.918. The first-order valence-corrected chi connectivity index (χ1v) is 9.14. The number of hydrogen-bond donors (Lipinski definition) is 1. The fourth-order valence-electron chi connectivity index (χ4n) is 4.43. The van der Waals surface area contributed by atoms with Gasteiger partial charge in [0, 0.05) is 43.2 Å². The van der Waals surface area contributed by atoms with E-state index in [1.54, 1.807) is 12.1 Å². The molecule has 0 radical (unpaired) electrons. The molecule has 2 aromatic rings. The Bertz CT molecular complexity index is 808. The van der Waals surface area contributed by atoms with Gasteiger partial charge in [0.1, 0.15) is 5.82 Å². The fraction of sp³-hybridized carbons (Fsp3) is 0.381. The van der Waals surface area contributed by atoms with E-state index < -0.39 is 0 Å². The molecule has 3 atom stereocenters. The molecule has 0 saturated carbocycles. The van der Waals surface area contributed by atoms with Crippen LogP contribution in [0.3, 0.4) is 0 Å². The van der Waals surface area contributed by atoms with Gasteiger partial charge in [-0.3, -0.25) is 9.69 Å². The number of carbonyl (C=O) groups is 1. The third kappa shape index (κ3) is 2.72. The number of likely N-dealkylation sites (tertiary alicyclic amines) is 1. The molecule has 1 fully saturated rings. The second-order valence-corrected chi connectivity index (χ2v) is 7.06. The lowest BCUT2D eigenvalue weighted by atomic mass is 9.71. The summed E-state index contributed by atoms with van der Waals surface area (Å²) in [5.41, 5.74) is 3.12. The number of halogens is 1. The number of amides is 1. The molecule has 0 aliphatic carbocycles. The van der Waals surface area contributed by atoms with Gasteiger partial charge in [0.25, 0.3) is 0 Å². The van der Waals surface area contributed by atoms with Gasteiger partial charge in [-0.1, -0.05) is 37.3 Å². The van der Waals surface area contributed by atoms with Crippen molar-refractivity contribution in [1.82, 2.24) is 4.90 Å². The Morgan fingerprint density at radius 1 is 1.19 bits per heavy atom. The van der Waals surface area contributed by atoms with Gasteiger partial charge in [-0.2, -0.15) is 0 Å². The van der Waals surface area contributed by atoms with Crippen molar-refractivity contribution in [3.8, 4) is 0 Å². The third-order valence-electron chi connectivity index (χ3n) is 5.71. The lowest BCUT2D eigenvalue weighted by molar-refractivity contribution is -0.119. The fourth-order valence-corrected chi connectivity index (χ4v) is 4.43. The molecule has 4 nitrogen and oxygen atoms in total. The highest BCUT2D eigenvalue weighted by molar-refractivity contribution is 5.95. The molecule has 2 aromatic carbocycles. The number of carbonyl (C=O) groups excluding carboxylic acids is 1. The summed E-state index contributed by atoms with van der Waals surface area (Å²) < 4.78 is 13.2. The lowest BCUT2D eigenvalue weighted by Gasteiger charge is -2.59. The SMILES string of the molecule is CCC(=O)N1C[C@H]2[C@@H](c3ccccc31)[C@H](CO)N2Cc1ccc(F)cc1. The standard InChI is InChI=1S/C21H23FN2O2/c1-2-20(26)24-12-18-21(16-5-3-4-6-17(16)24)19(13-25)23(18)11-14-7-9-15(22)10-8-14/h3-10,18-19,21,25H,2,11-13H2,1H3/t18-,19-,21+/m0/s1. The van der Waals surface area contributed by atoms with Crippen molar-refractivity contribution in [2.24, 2.45) is 0 Å². The maximum atomic E-state index is 13.2. The van der Waals surface area contributed by atoms with Crippen LogP contribution in [0.1, 0.15) is 30.4 Å². The number of aliphatic hydroxyl groups excluding tert-OH is 1. The highest BCUT2D eigenvalue weighted by Crippen LogP contribution is 2.48. The van der Waals surface area contributed by atoms with Crippen molar-refractivity contribution in [1.29, 1.82) is 0 Å². The topological polar surface area (TPSA) is 43.8 Å². The molecule has 5 heteroatoms. The Kier molecular flexibility index (Phi) is 4.51. The minimum Gasteiger partial charge on any atom is -0.395 e. The van der Waals surface area contributed by atoms with Crippen molar-refractivity contribution < 1.29 is 14.3 Å². The number of anilines is 1. The predicted octanol–water partition coefficient (Wildman–Crippen LogP) is 2.91. The third-order valence-corrected chi connectivity index (χ3v) is 5.71. The van der Waals surface area contributed by atoms with E-state index in [-0.39, 0.29) is 36.3 Å². The lowest BCUT2D eigenvalue weighted by Crippen LogP contribution is -2.68. The summed E-state index contributed by atoms with van der Waals surface area (Å²) in [7, 11) is 0. The molecule has 2 aliphatic heterocycles. The van der Waals surface area contributed by atoms with Crippen LogP contribution < -0.4 is 4.90 Å². The number of para-hydroxylation sites is 1. The molecular weight excluding hydrogens is 331 g/mol. The highest BCUT2D eigenvalue weighted by atomic mass is 19.1. The van der Waals surface area contributed by atoms with Crippen molar-refractivity contribution in [3.05, 3.63) is 65.5 Å². The first-order chi connectivity index (χ1) is 12.6. The average molecular weight is 354 g/mol. The molecule has 1 amide bonds. The monoisotopic (exact) mass is 354 g/mol. The number of aliphatic hydroxyl groups is 1. The number of benzene rings is 2. The van der Waals surface area contributed by atoms with E-state index in [1.165, 1.54) is 12.1 Å². The maximum absolute atomic E-state index is 13.2. The minimum absolute atomic E-state index is 0.0186. The van der Waals surface area contributed by atoms with Gasteiger partial charge in [0.05, 0.1) is 6.61 Å². The summed E-state index contributed by atoms with van der Waals surface area (Å²) in [4.78, 5) is 16.6. The van der Waals surface area contributed by atoms with Crippen LogP contribution in [-0.4, -0.2) is 41.1 Å². The van der Waals surface area contributed by atoms with Crippen LogP contribution in [0.4, 0.5) is 10.1 Å². The number of fused-ring (bicyclic) bond motifs is 3. The van der Waals surface area contributed by atoms with Gasteiger partial charge < -0.3 is 10.0 Å². The smallest absolute Gasteiger partial charge is 0.226 e. The summed E-state index contributed by atoms with van der Waals surface area (Å²) in [6.45, 7) is 3.22. The Balaban J connectivity index is 1.65. The second kappa shape index (κ2) is 6.82. The molecule has 2 heterocycles. The molecule has 0 unspecified atom stereocenters. The molecule has 2 aliphatic rings. The van der Waals surface area contributed by atoms with Gasteiger partial charge in [-0.05, 0) is 29.3 Å². The van der Waals surface area contributed by atoms with E-state index in [0.29, 0.717) is 19.5 Å². The summed E-state index contributed by atoms with van der Waals surface area (Å²) in [6.07, 6.45) is 0.465. The summed E-state index contributed by atoms with van der Waals surface area (Å²) >= 11 is 0. The van der Waals surface area contributed by atoms with Crippen LogP contribution in [0.25, 0.3) is 0 Å². The zero-order chi connectivity index (χ0) is 18.3. The first kappa shape index (κ1) is 17.2. The van der Waals surface area contributed by atoms with E-state index >= 15 is 0 Å². The number of rotatable bonds is 4. The normalized spacial score (nSPS) is 24.6. The number of hydrogen-bond acceptors (Lipinski definition) is 3. The van der Waals surface area contributed by atoms with Gasteiger partial charge in [0.15, 0.2) is 0 Å². The van der Waals surface area contributed by atoms with Crippen LogP contribution >= 0.6 is 0 Å². The maximum Gasteiger partial charge on any atom is 0.226 e. The van der Waals surface area contributed by atoms with E-state index in [4.69, 9.17) is 0 Å². The Labute approximate surface area is 152 Å².